The van der Waals surface area contributed by atoms with E-state index in [1.54, 1.807) is 37.6 Å². The molecule has 158 valence electrons. The Morgan fingerprint density at radius 3 is 2.69 bits per heavy atom. The SMILES string of the molecule is CCN(C(=O)CC/C(CCC(F)(F)F)=N\OC)c1cn(-c2cccnc2)nc1Cl. The number of carbonyl (C=O) groups is 1. The molecule has 2 aromatic rings. The molecule has 0 saturated heterocycles. The lowest BCUT2D eigenvalue weighted by molar-refractivity contribution is -0.132. The summed E-state index contributed by atoms with van der Waals surface area (Å²) in [5.74, 6) is -0.309. The minimum atomic E-state index is -4.30. The van der Waals surface area contributed by atoms with E-state index >= 15 is 0 Å². The van der Waals surface area contributed by atoms with Gasteiger partial charge in [-0.2, -0.15) is 18.3 Å². The first-order valence-electron chi connectivity index (χ1n) is 8.86. The number of aromatic nitrogens is 3. The lowest BCUT2D eigenvalue weighted by Gasteiger charge is -2.19. The van der Waals surface area contributed by atoms with Crippen LogP contribution in [-0.4, -0.2) is 46.2 Å². The number of hydrogen-bond acceptors (Lipinski definition) is 5. The lowest BCUT2D eigenvalue weighted by Crippen LogP contribution is -2.31. The van der Waals surface area contributed by atoms with Gasteiger partial charge in [-0.15, -0.1) is 0 Å². The van der Waals surface area contributed by atoms with Gasteiger partial charge >= 0.3 is 6.18 Å². The standard InChI is InChI=1S/C18H21ClF3N5O2/c1-3-26(15-12-27(24-17(15)19)14-5-4-10-23-11-14)16(28)7-6-13(25-29-2)8-9-18(20,21)22/h4-5,10-12H,3,6-9H2,1-2H3/b25-13+. The predicted octanol–water partition coefficient (Wildman–Crippen LogP) is 4.40. The highest BCUT2D eigenvalue weighted by atomic mass is 35.5. The second kappa shape index (κ2) is 10.2. The number of hydrogen-bond donors (Lipinski definition) is 0. The van der Waals surface area contributed by atoms with E-state index in [1.165, 1.54) is 16.7 Å². The molecule has 11 heteroatoms. The van der Waals surface area contributed by atoms with Gasteiger partial charge in [0.05, 0.1) is 23.8 Å². The van der Waals surface area contributed by atoms with Gasteiger partial charge in [-0.1, -0.05) is 16.8 Å². The molecular formula is C18H21ClF3N5O2. The van der Waals surface area contributed by atoms with E-state index < -0.39 is 12.6 Å². The summed E-state index contributed by atoms with van der Waals surface area (Å²) in [7, 11) is 1.25. The Bertz CT molecular complexity index is 840. The van der Waals surface area contributed by atoms with E-state index in [2.05, 4.69) is 20.1 Å². The molecule has 0 aromatic carbocycles. The highest BCUT2D eigenvalue weighted by Crippen LogP contribution is 2.27. The van der Waals surface area contributed by atoms with Crippen molar-refractivity contribution in [3.05, 3.63) is 35.9 Å². The van der Waals surface area contributed by atoms with Gasteiger partial charge in [-0.3, -0.25) is 9.78 Å². The molecule has 0 saturated carbocycles. The maximum absolute atomic E-state index is 12.7. The van der Waals surface area contributed by atoms with Crippen molar-refractivity contribution < 1.29 is 22.8 Å². The first kappa shape index (κ1) is 22.7. The summed E-state index contributed by atoms with van der Waals surface area (Å²) >= 11 is 6.21. The van der Waals surface area contributed by atoms with Crippen molar-refractivity contribution in [1.29, 1.82) is 0 Å². The van der Waals surface area contributed by atoms with Crippen LogP contribution in [0.15, 0.2) is 35.9 Å². The molecule has 0 N–H and O–H groups in total. The van der Waals surface area contributed by atoms with Gasteiger partial charge in [-0.25, -0.2) is 4.68 Å². The average Bonchev–Trinajstić information content (AvgIpc) is 3.06. The van der Waals surface area contributed by atoms with Gasteiger partial charge in [0.1, 0.15) is 12.8 Å². The summed E-state index contributed by atoms with van der Waals surface area (Å²) in [6, 6.07) is 3.53. The van der Waals surface area contributed by atoms with Gasteiger partial charge in [0.25, 0.3) is 0 Å². The Balaban J connectivity index is 2.08. The van der Waals surface area contributed by atoms with Crippen molar-refractivity contribution >= 4 is 28.9 Å². The minimum absolute atomic E-state index is 0.0394. The molecule has 0 radical (unpaired) electrons. The van der Waals surface area contributed by atoms with Gasteiger partial charge < -0.3 is 9.74 Å². The van der Waals surface area contributed by atoms with Crippen molar-refractivity contribution in [2.45, 2.75) is 38.8 Å². The number of nitrogens with zero attached hydrogens (tertiary/aromatic N) is 5. The van der Waals surface area contributed by atoms with E-state index in [9.17, 15) is 18.0 Å². The maximum atomic E-state index is 12.7. The van der Waals surface area contributed by atoms with E-state index in [0.717, 1.165) is 0 Å². The quantitative estimate of drug-likeness (QED) is 0.436. The molecule has 2 aromatic heterocycles. The summed E-state index contributed by atoms with van der Waals surface area (Å²) in [4.78, 5) is 22.7. The predicted molar refractivity (Wildman–Crippen MR) is 103 cm³/mol. The number of oxime groups is 1. The molecule has 2 rings (SSSR count). The Labute approximate surface area is 171 Å². The third-order valence-corrected chi connectivity index (χ3v) is 4.28. The van der Waals surface area contributed by atoms with E-state index in [0.29, 0.717) is 17.9 Å². The minimum Gasteiger partial charge on any atom is -0.399 e. The fourth-order valence-electron chi connectivity index (χ4n) is 2.65. The topological polar surface area (TPSA) is 72.6 Å². The second-order valence-electron chi connectivity index (χ2n) is 6.05. The second-order valence-corrected chi connectivity index (χ2v) is 6.41. The third kappa shape index (κ3) is 6.74. The van der Waals surface area contributed by atoms with Crippen LogP contribution in [0.4, 0.5) is 18.9 Å². The summed E-state index contributed by atoms with van der Waals surface area (Å²) < 4.78 is 38.8. The molecule has 0 spiro atoms. The summed E-state index contributed by atoms with van der Waals surface area (Å²) in [6.45, 7) is 2.08. The Morgan fingerprint density at radius 1 is 1.34 bits per heavy atom. The lowest BCUT2D eigenvalue weighted by atomic mass is 10.1. The van der Waals surface area contributed by atoms with Gasteiger partial charge in [0.15, 0.2) is 5.15 Å². The van der Waals surface area contributed by atoms with Crippen LogP contribution in [-0.2, 0) is 9.63 Å². The molecule has 7 nitrogen and oxygen atoms in total. The Kier molecular flexibility index (Phi) is 8.00. The van der Waals surface area contributed by atoms with Crippen molar-refractivity contribution in [2.24, 2.45) is 5.16 Å². The van der Waals surface area contributed by atoms with Crippen LogP contribution in [0.2, 0.25) is 5.15 Å². The zero-order valence-corrected chi connectivity index (χ0v) is 16.7. The van der Waals surface area contributed by atoms with Crippen LogP contribution in [0, 0.1) is 0 Å². The fourth-order valence-corrected chi connectivity index (χ4v) is 2.88. The van der Waals surface area contributed by atoms with Crippen molar-refractivity contribution in [1.82, 2.24) is 14.8 Å². The Morgan fingerprint density at radius 2 is 2.10 bits per heavy atom. The highest BCUT2D eigenvalue weighted by Gasteiger charge is 2.28. The molecule has 0 unspecified atom stereocenters. The number of anilines is 1. The largest absolute Gasteiger partial charge is 0.399 e. The molecule has 1 amide bonds. The normalized spacial score (nSPS) is 12.1. The first-order valence-corrected chi connectivity index (χ1v) is 9.24. The van der Waals surface area contributed by atoms with E-state index in [-0.39, 0.29) is 36.0 Å². The summed E-state index contributed by atoms with van der Waals surface area (Å²) in [5, 5.41) is 7.94. The van der Waals surface area contributed by atoms with Crippen LogP contribution >= 0.6 is 11.6 Å². The van der Waals surface area contributed by atoms with Crippen LogP contribution in [0.3, 0.4) is 0 Å². The van der Waals surface area contributed by atoms with Crippen LogP contribution in [0.5, 0.6) is 0 Å². The smallest absolute Gasteiger partial charge is 0.389 e. The van der Waals surface area contributed by atoms with E-state index in [4.69, 9.17) is 11.6 Å². The number of rotatable bonds is 9. The molecule has 0 bridgehead atoms. The van der Waals surface area contributed by atoms with Crippen molar-refractivity contribution in [2.75, 3.05) is 18.6 Å². The number of alkyl halides is 3. The molecular weight excluding hydrogens is 411 g/mol. The molecule has 29 heavy (non-hydrogen) atoms. The van der Waals surface area contributed by atoms with Crippen LogP contribution < -0.4 is 4.90 Å². The summed E-state index contributed by atoms with van der Waals surface area (Å²) in [6.07, 6.45) is -0.817. The highest BCUT2D eigenvalue weighted by molar-refractivity contribution is 6.32. The van der Waals surface area contributed by atoms with E-state index in [1.807, 2.05) is 0 Å². The monoisotopic (exact) mass is 431 g/mol. The number of halogens is 4. The third-order valence-electron chi connectivity index (χ3n) is 4.01. The molecule has 0 aliphatic rings. The number of amides is 1. The number of pyridine rings is 1. The maximum Gasteiger partial charge on any atom is 0.389 e. The molecule has 0 aliphatic heterocycles. The Hall–Kier alpha value is -2.62. The molecule has 0 atom stereocenters. The van der Waals surface area contributed by atoms with Gasteiger partial charge in [0, 0.05) is 25.6 Å². The first-order chi connectivity index (χ1) is 13.7. The van der Waals surface area contributed by atoms with Gasteiger partial charge in [0.2, 0.25) is 5.91 Å². The van der Waals surface area contributed by atoms with Crippen LogP contribution in [0.1, 0.15) is 32.6 Å². The summed E-state index contributed by atoms with van der Waals surface area (Å²) in [5.41, 5.74) is 1.25. The average molecular weight is 432 g/mol. The molecule has 0 aliphatic carbocycles. The van der Waals surface area contributed by atoms with Crippen LogP contribution in [0.25, 0.3) is 5.69 Å². The molecule has 0 fully saturated rings. The van der Waals surface area contributed by atoms with Crippen molar-refractivity contribution in [3.63, 3.8) is 0 Å². The van der Waals surface area contributed by atoms with Gasteiger partial charge in [-0.05, 0) is 31.9 Å². The zero-order valence-electron chi connectivity index (χ0n) is 16.0. The zero-order chi connectivity index (χ0) is 21.4. The fraction of sp³-hybridized carbons (Fsp3) is 0.444. The molecule has 2 heterocycles. The van der Waals surface area contributed by atoms with Crippen molar-refractivity contribution in [3.8, 4) is 5.69 Å². The number of carbonyl (C=O) groups excluding carboxylic acids is 1.